The van der Waals surface area contributed by atoms with Crippen LogP contribution in [0.1, 0.15) is 31.8 Å². The van der Waals surface area contributed by atoms with Crippen LogP contribution in [0.15, 0.2) is 16.5 Å². The first-order chi connectivity index (χ1) is 7.69. The number of rotatable bonds is 3. The van der Waals surface area contributed by atoms with Gasteiger partial charge in [0.05, 0.1) is 6.54 Å². The molecule has 2 N–H and O–H groups in total. The Morgan fingerprint density at radius 1 is 1.44 bits per heavy atom. The Bertz CT molecular complexity index is 334. The van der Waals surface area contributed by atoms with Crippen LogP contribution >= 0.6 is 0 Å². The smallest absolute Gasteiger partial charge is 0.118 e. The maximum Gasteiger partial charge on any atom is 0.118 e. The van der Waals surface area contributed by atoms with Crippen LogP contribution in [0, 0.1) is 5.92 Å². The number of furan rings is 1. The summed E-state index contributed by atoms with van der Waals surface area (Å²) in [6, 6.07) is 4.55. The van der Waals surface area contributed by atoms with Crippen molar-refractivity contribution in [2.75, 3.05) is 13.1 Å². The van der Waals surface area contributed by atoms with E-state index in [1.807, 2.05) is 0 Å². The fourth-order valence-electron chi connectivity index (χ4n) is 2.31. The zero-order chi connectivity index (χ0) is 11.5. The van der Waals surface area contributed by atoms with Crippen LogP contribution in [-0.4, -0.2) is 24.0 Å². The SMILES string of the molecule is CCc1ccc(CN2CCC(N)C(C)C2)o1. The lowest BCUT2D eigenvalue weighted by Gasteiger charge is -2.34. The molecule has 1 fully saturated rings. The molecule has 2 unspecified atom stereocenters. The van der Waals surface area contributed by atoms with Gasteiger partial charge in [0.1, 0.15) is 11.5 Å². The van der Waals surface area contributed by atoms with Crippen LogP contribution in [0.4, 0.5) is 0 Å². The summed E-state index contributed by atoms with van der Waals surface area (Å²) in [5.74, 6) is 2.76. The Kier molecular flexibility index (Phi) is 3.66. The van der Waals surface area contributed by atoms with Gasteiger partial charge in [0.15, 0.2) is 0 Å². The lowest BCUT2D eigenvalue weighted by Crippen LogP contribution is -2.45. The topological polar surface area (TPSA) is 42.4 Å². The molecule has 0 aliphatic carbocycles. The second kappa shape index (κ2) is 5.02. The van der Waals surface area contributed by atoms with Crippen molar-refractivity contribution in [3.8, 4) is 0 Å². The molecule has 0 radical (unpaired) electrons. The summed E-state index contributed by atoms with van der Waals surface area (Å²) >= 11 is 0. The lowest BCUT2D eigenvalue weighted by atomic mass is 9.95. The van der Waals surface area contributed by atoms with Crippen LogP contribution in [0.5, 0.6) is 0 Å². The second-order valence-corrected chi connectivity index (χ2v) is 4.89. The fourth-order valence-corrected chi connectivity index (χ4v) is 2.31. The first-order valence-electron chi connectivity index (χ1n) is 6.24. The summed E-state index contributed by atoms with van der Waals surface area (Å²) in [6.07, 6.45) is 2.07. The van der Waals surface area contributed by atoms with E-state index in [-0.39, 0.29) is 0 Å². The second-order valence-electron chi connectivity index (χ2n) is 4.89. The molecule has 0 amide bonds. The summed E-state index contributed by atoms with van der Waals surface area (Å²) in [6.45, 7) is 7.45. The highest BCUT2D eigenvalue weighted by Crippen LogP contribution is 2.18. The van der Waals surface area contributed by atoms with Crippen LogP contribution in [0.25, 0.3) is 0 Å². The molecule has 3 heteroatoms. The molecule has 1 aromatic rings. The Morgan fingerprint density at radius 2 is 2.19 bits per heavy atom. The normalized spacial score (nSPS) is 27.2. The predicted octanol–water partition coefficient (Wildman–Crippen LogP) is 2.01. The Morgan fingerprint density at radius 3 is 2.81 bits per heavy atom. The number of nitrogens with two attached hydrogens (primary N) is 1. The van der Waals surface area contributed by atoms with Gasteiger partial charge in [-0.05, 0) is 24.5 Å². The van der Waals surface area contributed by atoms with Crippen molar-refractivity contribution in [2.45, 2.75) is 39.3 Å². The quantitative estimate of drug-likeness (QED) is 0.850. The largest absolute Gasteiger partial charge is 0.465 e. The molecule has 2 atom stereocenters. The van der Waals surface area contributed by atoms with Crippen molar-refractivity contribution < 1.29 is 4.42 Å². The van der Waals surface area contributed by atoms with Gasteiger partial charge in [-0.2, -0.15) is 0 Å². The number of hydrogen-bond acceptors (Lipinski definition) is 3. The van der Waals surface area contributed by atoms with E-state index in [1.165, 1.54) is 0 Å². The van der Waals surface area contributed by atoms with Gasteiger partial charge in [0.25, 0.3) is 0 Å². The summed E-state index contributed by atoms with van der Waals surface area (Å²) in [5.41, 5.74) is 6.01. The molecule has 1 aliphatic heterocycles. The maximum absolute atomic E-state index is 6.01. The molecule has 1 aromatic heterocycles. The van der Waals surface area contributed by atoms with E-state index in [1.54, 1.807) is 0 Å². The molecule has 0 aromatic carbocycles. The van der Waals surface area contributed by atoms with Crippen LogP contribution in [-0.2, 0) is 13.0 Å². The standard InChI is InChI=1S/C13H22N2O/c1-3-11-4-5-12(16-11)9-15-7-6-13(14)10(2)8-15/h4-5,10,13H,3,6-9,14H2,1-2H3. The predicted molar refractivity (Wildman–Crippen MR) is 65.1 cm³/mol. The molecule has 2 rings (SSSR count). The molecular weight excluding hydrogens is 200 g/mol. The van der Waals surface area contributed by atoms with Gasteiger partial charge >= 0.3 is 0 Å². The van der Waals surface area contributed by atoms with Gasteiger partial charge in [-0.15, -0.1) is 0 Å². The third-order valence-corrected chi connectivity index (χ3v) is 3.50. The van der Waals surface area contributed by atoms with Crippen LogP contribution < -0.4 is 5.73 Å². The van der Waals surface area contributed by atoms with E-state index in [4.69, 9.17) is 10.2 Å². The summed E-state index contributed by atoms with van der Waals surface area (Å²) < 4.78 is 5.72. The highest BCUT2D eigenvalue weighted by molar-refractivity contribution is 5.07. The average Bonchev–Trinajstić information content (AvgIpc) is 2.71. The number of aryl methyl sites for hydroxylation is 1. The van der Waals surface area contributed by atoms with Crippen molar-refractivity contribution >= 4 is 0 Å². The first-order valence-corrected chi connectivity index (χ1v) is 6.24. The number of hydrogen-bond donors (Lipinski definition) is 1. The minimum atomic E-state index is 0.374. The number of piperidine rings is 1. The van der Waals surface area contributed by atoms with Crippen molar-refractivity contribution in [2.24, 2.45) is 11.7 Å². The van der Waals surface area contributed by atoms with E-state index in [9.17, 15) is 0 Å². The molecule has 3 nitrogen and oxygen atoms in total. The summed E-state index contributed by atoms with van der Waals surface area (Å²) in [4.78, 5) is 2.44. The summed E-state index contributed by atoms with van der Waals surface area (Å²) in [7, 11) is 0. The third kappa shape index (κ3) is 2.66. The average molecular weight is 222 g/mol. The summed E-state index contributed by atoms with van der Waals surface area (Å²) in [5, 5.41) is 0. The molecule has 0 spiro atoms. The fraction of sp³-hybridized carbons (Fsp3) is 0.692. The van der Waals surface area contributed by atoms with Gasteiger partial charge in [0.2, 0.25) is 0 Å². The van der Waals surface area contributed by atoms with Crippen LogP contribution in [0.2, 0.25) is 0 Å². The van der Waals surface area contributed by atoms with Crippen molar-refractivity contribution in [1.29, 1.82) is 0 Å². The lowest BCUT2D eigenvalue weighted by molar-refractivity contribution is 0.147. The molecule has 90 valence electrons. The molecule has 16 heavy (non-hydrogen) atoms. The monoisotopic (exact) mass is 222 g/mol. The highest BCUT2D eigenvalue weighted by Gasteiger charge is 2.23. The third-order valence-electron chi connectivity index (χ3n) is 3.50. The molecule has 0 bridgehead atoms. The molecular formula is C13H22N2O. The van der Waals surface area contributed by atoms with Crippen LogP contribution in [0.3, 0.4) is 0 Å². The van der Waals surface area contributed by atoms with E-state index < -0.39 is 0 Å². The number of nitrogens with zero attached hydrogens (tertiary/aromatic N) is 1. The molecule has 1 aliphatic rings. The Labute approximate surface area is 97.6 Å². The van der Waals surface area contributed by atoms with E-state index >= 15 is 0 Å². The molecule has 2 heterocycles. The minimum absolute atomic E-state index is 0.374. The van der Waals surface area contributed by atoms with Gasteiger partial charge < -0.3 is 10.2 Å². The van der Waals surface area contributed by atoms with E-state index in [2.05, 4.69) is 30.9 Å². The maximum atomic E-state index is 6.01. The molecule has 1 saturated heterocycles. The van der Waals surface area contributed by atoms with Gasteiger partial charge in [0, 0.05) is 25.6 Å². The minimum Gasteiger partial charge on any atom is -0.465 e. The zero-order valence-corrected chi connectivity index (χ0v) is 10.3. The number of likely N-dealkylation sites (tertiary alicyclic amines) is 1. The van der Waals surface area contributed by atoms with E-state index in [0.717, 1.165) is 44.0 Å². The molecule has 0 saturated carbocycles. The van der Waals surface area contributed by atoms with Crippen molar-refractivity contribution in [1.82, 2.24) is 4.90 Å². The van der Waals surface area contributed by atoms with Gasteiger partial charge in [-0.25, -0.2) is 0 Å². The van der Waals surface area contributed by atoms with E-state index in [0.29, 0.717) is 12.0 Å². The first kappa shape index (κ1) is 11.7. The highest BCUT2D eigenvalue weighted by atomic mass is 16.3. The Balaban J connectivity index is 1.90. The van der Waals surface area contributed by atoms with Gasteiger partial charge in [-0.3, -0.25) is 4.90 Å². The van der Waals surface area contributed by atoms with Crippen molar-refractivity contribution in [3.05, 3.63) is 23.7 Å². The van der Waals surface area contributed by atoms with Crippen molar-refractivity contribution in [3.63, 3.8) is 0 Å². The van der Waals surface area contributed by atoms with Gasteiger partial charge in [-0.1, -0.05) is 13.8 Å². The Hall–Kier alpha value is -0.800. The zero-order valence-electron chi connectivity index (χ0n) is 10.3.